The molecule has 0 radical (unpaired) electrons. The number of amides is 1. The summed E-state index contributed by atoms with van der Waals surface area (Å²) in [5.41, 5.74) is 6.72. The van der Waals surface area contributed by atoms with Gasteiger partial charge in [0.15, 0.2) is 0 Å². The van der Waals surface area contributed by atoms with E-state index in [2.05, 4.69) is 5.32 Å². The van der Waals surface area contributed by atoms with Gasteiger partial charge in [-0.25, -0.2) is 0 Å². The van der Waals surface area contributed by atoms with Crippen molar-refractivity contribution in [2.24, 2.45) is 0 Å². The predicted molar refractivity (Wildman–Crippen MR) is 58.6 cm³/mol. The molecule has 0 bridgehead atoms. The monoisotopic (exact) mass is 246 g/mol. The minimum absolute atomic E-state index is 0.231. The van der Waals surface area contributed by atoms with Crippen LogP contribution in [-0.4, -0.2) is 18.6 Å². The first-order chi connectivity index (χ1) is 7.81. The summed E-state index contributed by atoms with van der Waals surface area (Å²) in [5, 5.41) is 2.20. The third-order valence-electron chi connectivity index (χ3n) is 2.23. The van der Waals surface area contributed by atoms with Crippen molar-refractivity contribution in [3.05, 3.63) is 29.3 Å². The molecule has 0 aliphatic carbocycles. The Kier molecular flexibility index (Phi) is 3.98. The van der Waals surface area contributed by atoms with Crippen LogP contribution in [0.4, 0.5) is 18.9 Å². The molecule has 1 rings (SSSR count). The zero-order valence-electron chi connectivity index (χ0n) is 9.27. The molecule has 0 atom stereocenters. The third kappa shape index (κ3) is 3.97. The Bertz CT molecular complexity index is 395. The Balaban J connectivity index is 2.65. The van der Waals surface area contributed by atoms with Gasteiger partial charge in [-0.3, -0.25) is 4.79 Å². The largest absolute Gasteiger partial charge is 0.398 e. The summed E-state index contributed by atoms with van der Waals surface area (Å²) in [4.78, 5) is 11.6. The second kappa shape index (κ2) is 5.07. The molecule has 3 N–H and O–H groups in total. The molecule has 0 aromatic heterocycles. The molecule has 0 saturated carbocycles. The molecule has 0 fully saturated rings. The molecule has 0 heterocycles. The van der Waals surface area contributed by atoms with Gasteiger partial charge in [-0.2, -0.15) is 13.2 Å². The number of nitrogens with two attached hydrogens (primary N) is 1. The summed E-state index contributed by atoms with van der Waals surface area (Å²) in [5.74, 6) is -0.579. The van der Waals surface area contributed by atoms with Crippen molar-refractivity contribution in [3.8, 4) is 0 Å². The average molecular weight is 246 g/mol. The zero-order valence-corrected chi connectivity index (χ0v) is 9.27. The van der Waals surface area contributed by atoms with Gasteiger partial charge < -0.3 is 11.1 Å². The molecule has 0 spiro atoms. The fourth-order valence-corrected chi connectivity index (χ4v) is 1.41. The number of aryl methyl sites for hydroxylation is 1. The van der Waals surface area contributed by atoms with Gasteiger partial charge in [-0.05, 0) is 18.6 Å². The van der Waals surface area contributed by atoms with Crippen LogP contribution in [0.25, 0.3) is 0 Å². The van der Waals surface area contributed by atoms with Crippen LogP contribution in [-0.2, 0) is 0 Å². The van der Waals surface area contributed by atoms with Crippen LogP contribution in [0.3, 0.4) is 0 Å². The van der Waals surface area contributed by atoms with Crippen LogP contribution in [0, 0.1) is 6.92 Å². The van der Waals surface area contributed by atoms with Gasteiger partial charge in [0.2, 0.25) is 0 Å². The summed E-state index contributed by atoms with van der Waals surface area (Å²) in [6.07, 6.45) is -5.32. The van der Waals surface area contributed by atoms with Gasteiger partial charge in [0.1, 0.15) is 0 Å². The van der Waals surface area contributed by atoms with E-state index in [1.165, 1.54) is 6.07 Å². The van der Waals surface area contributed by atoms with E-state index in [0.29, 0.717) is 5.56 Å². The number of carbonyl (C=O) groups excluding carboxylic acids is 1. The van der Waals surface area contributed by atoms with Gasteiger partial charge in [0.05, 0.1) is 12.0 Å². The summed E-state index contributed by atoms with van der Waals surface area (Å²) in [7, 11) is 0. The van der Waals surface area contributed by atoms with Crippen LogP contribution in [0.15, 0.2) is 18.2 Å². The second-order valence-corrected chi connectivity index (χ2v) is 3.66. The summed E-state index contributed by atoms with van der Waals surface area (Å²) >= 11 is 0. The van der Waals surface area contributed by atoms with Crippen LogP contribution in [0.2, 0.25) is 0 Å². The highest BCUT2D eigenvalue weighted by atomic mass is 19.4. The Morgan fingerprint density at radius 3 is 2.59 bits per heavy atom. The highest BCUT2D eigenvalue weighted by molar-refractivity contribution is 6.00. The zero-order chi connectivity index (χ0) is 13.1. The Morgan fingerprint density at radius 1 is 1.41 bits per heavy atom. The minimum atomic E-state index is -4.27. The molecule has 1 amide bonds. The van der Waals surface area contributed by atoms with Crippen molar-refractivity contribution in [1.29, 1.82) is 0 Å². The van der Waals surface area contributed by atoms with Crippen LogP contribution in [0.5, 0.6) is 0 Å². The molecule has 0 unspecified atom stereocenters. The van der Waals surface area contributed by atoms with E-state index < -0.39 is 25.0 Å². The molecule has 1 aromatic rings. The molecule has 94 valence electrons. The standard InChI is InChI=1S/C11H13F3N2O/c1-7-3-2-4-8(15)9(7)10(17)16-6-5-11(12,13)14/h2-4H,5-6,15H2,1H3,(H,16,17). The number of benzene rings is 1. The van der Waals surface area contributed by atoms with Crippen molar-refractivity contribution in [1.82, 2.24) is 5.32 Å². The van der Waals surface area contributed by atoms with Gasteiger partial charge in [-0.1, -0.05) is 12.1 Å². The van der Waals surface area contributed by atoms with E-state index in [1.807, 2.05) is 0 Å². The lowest BCUT2D eigenvalue weighted by Gasteiger charge is -2.11. The molecular formula is C11H13F3N2O. The molecule has 0 saturated heterocycles. The van der Waals surface area contributed by atoms with Gasteiger partial charge in [0, 0.05) is 12.2 Å². The van der Waals surface area contributed by atoms with Crippen molar-refractivity contribution in [2.45, 2.75) is 19.5 Å². The molecular weight excluding hydrogens is 233 g/mol. The van der Waals surface area contributed by atoms with Crippen LogP contribution >= 0.6 is 0 Å². The lowest BCUT2D eigenvalue weighted by molar-refractivity contribution is -0.132. The summed E-state index contributed by atoms with van der Waals surface area (Å²) < 4.78 is 35.7. The second-order valence-electron chi connectivity index (χ2n) is 3.66. The van der Waals surface area contributed by atoms with E-state index >= 15 is 0 Å². The highest BCUT2D eigenvalue weighted by Gasteiger charge is 2.26. The quantitative estimate of drug-likeness (QED) is 0.804. The number of alkyl halides is 3. The highest BCUT2D eigenvalue weighted by Crippen LogP contribution is 2.19. The predicted octanol–water partition coefficient (Wildman–Crippen LogP) is 2.26. The Morgan fingerprint density at radius 2 is 2.06 bits per heavy atom. The van der Waals surface area contributed by atoms with Gasteiger partial charge in [0.25, 0.3) is 5.91 Å². The molecule has 6 heteroatoms. The van der Waals surface area contributed by atoms with Crippen LogP contribution < -0.4 is 11.1 Å². The number of nitrogen functional groups attached to an aromatic ring is 1. The molecule has 3 nitrogen and oxygen atoms in total. The first-order valence-corrected chi connectivity index (χ1v) is 5.01. The lowest BCUT2D eigenvalue weighted by Crippen LogP contribution is -2.29. The Labute approximate surface area is 96.8 Å². The molecule has 1 aromatic carbocycles. The van der Waals surface area contributed by atoms with Crippen molar-refractivity contribution >= 4 is 11.6 Å². The molecule has 17 heavy (non-hydrogen) atoms. The fourth-order valence-electron chi connectivity index (χ4n) is 1.41. The van der Waals surface area contributed by atoms with Gasteiger partial charge in [-0.15, -0.1) is 0 Å². The summed E-state index contributed by atoms with van der Waals surface area (Å²) in [6, 6.07) is 4.89. The normalized spacial score (nSPS) is 11.3. The van der Waals surface area contributed by atoms with E-state index in [9.17, 15) is 18.0 Å². The third-order valence-corrected chi connectivity index (χ3v) is 2.23. The molecule has 0 aliphatic rings. The van der Waals surface area contributed by atoms with Crippen molar-refractivity contribution < 1.29 is 18.0 Å². The smallest absolute Gasteiger partial charge is 0.390 e. The topological polar surface area (TPSA) is 55.1 Å². The van der Waals surface area contributed by atoms with E-state index in [0.717, 1.165) is 0 Å². The maximum atomic E-state index is 11.9. The van der Waals surface area contributed by atoms with Gasteiger partial charge >= 0.3 is 6.18 Å². The van der Waals surface area contributed by atoms with E-state index in [4.69, 9.17) is 5.73 Å². The van der Waals surface area contributed by atoms with E-state index in [-0.39, 0.29) is 11.3 Å². The van der Waals surface area contributed by atoms with Crippen LogP contribution in [0.1, 0.15) is 22.3 Å². The lowest BCUT2D eigenvalue weighted by atomic mass is 10.1. The number of hydrogen-bond acceptors (Lipinski definition) is 2. The van der Waals surface area contributed by atoms with Crippen molar-refractivity contribution in [3.63, 3.8) is 0 Å². The SMILES string of the molecule is Cc1cccc(N)c1C(=O)NCCC(F)(F)F. The summed E-state index contributed by atoms with van der Waals surface area (Å²) in [6.45, 7) is 1.23. The maximum Gasteiger partial charge on any atom is 0.390 e. The number of carbonyl (C=O) groups is 1. The number of anilines is 1. The Hall–Kier alpha value is -1.72. The minimum Gasteiger partial charge on any atom is -0.398 e. The first kappa shape index (κ1) is 13.3. The number of nitrogens with one attached hydrogen (secondary N) is 1. The molecule has 0 aliphatic heterocycles. The van der Waals surface area contributed by atoms with E-state index in [1.54, 1.807) is 19.1 Å². The fraction of sp³-hybridized carbons (Fsp3) is 0.364. The number of halogens is 3. The number of hydrogen-bond donors (Lipinski definition) is 2. The first-order valence-electron chi connectivity index (χ1n) is 5.01. The number of rotatable bonds is 3. The van der Waals surface area contributed by atoms with Crippen molar-refractivity contribution in [2.75, 3.05) is 12.3 Å². The maximum absolute atomic E-state index is 11.9. The average Bonchev–Trinajstić information content (AvgIpc) is 2.15.